The number of hydrogen-bond acceptors (Lipinski definition) is 13. The van der Waals surface area contributed by atoms with Crippen LogP contribution in [0.4, 0.5) is 0 Å². The predicted octanol–water partition coefficient (Wildman–Crippen LogP) is 1.02. The highest BCUT2D eigenvalue weighted by Gasteiger charge is 2.54. The van der Waals surface area contributed by atoms with Gasteiger partial charge in [-0.25, -0.2) is 0 Å². The van der Waals surface area contributed by atoms with E-state index >= 15 is 0 Å². The van der Waals surface area contributed by atoms with E-state index in [0.29, 0.717) is 26.1 Å². The summed E-state index contributed by atoms with van der Waals surface area (Å²) in [4.78, 5) is 15.9. The van der Waals surface area contributed by atoms with Gasteiger partial charge in [-0.15, -0.1) is 0 Å². The molecule has 2 unspecified atom stereocenters. The monoisotopic (exact) mass is 691 g/mol. The molecule has 2 aliphatic heterocycles. The van der Waals surface area contributed by atoms with E-state index in [4.69, 9.17) is 18.9 Å². The maximum absolute atomic E-state index is 14.0. The number of nitrogens with zero attached hydrogens (tertiary/aromatic N) is 1. The van der Waals surface area contributed by atoms with Crippen LogP contribution in [-0.2, 0) is 23.7 Å². The quantitative estimate of drug-likeness (QED) is 0.162. The van der Waals surface area contributed by atoms with E-state index in [1.54, 1.807) is 34.6 Å². The lowest BCUT2D eigenvalue weighted by Gasteiger charge is -2.49. The van der Waals surface area contributed by atoms with E-state index in [-0.39, 0.29) is 43.6 Å². The van der Waals surface area contributed by atoms with Crippen LogP contribution in [0.2, 0.25) is 0 Å². The minimum Gasteiger partial charge on any atom is -0.459 e. The number of cyclic esters (lactones) is 1. The van der Waals surface area contributed by atoms with Crippen molar-refractivity contribution in [2.75, 3.05) is 40.3 Å². The van der Waals surface area contributed by atoms with Gasteiger partial charge in [0, 0.05) is 37.7 Å². The van der Waals surface area contributed by atoms with Crippen LogP contribution in [0.5, 0.6) is 0 Å². The minimum absolute atomic E-state index is 0.0907. The summed E-state index contributed by atoms with van der Waals surface area (Å²) in [6.45, 7) is 18.7. The van der Waals surface area contributed by atoms with Gasteiger partial charge in [0.2, 0.25) is 0 Å². The van der Waals surface area contributed by atoms with Crippen LogP contribution < -0.4 is 10.6 Å². The van der Waals surface area contributed by atoms with Crippen molar-refractivity contribution in [2.45, 2.75) is 160 Å². The smallest absolute Gasteiger partial charge is 0.312 e. The fourth-order valence-corrected chi connectivity index (χ4v) is 7.54. The van der Waals surface area contributed by atoms with Crippen LogP contribution in [0.1, 0.15) is 88.5 Å². The molecule has 0 bridgehead atoms. The van der Waals surface area contributed by atoms with Gasteiger partial charge in [-0.05, 0) is 94.3 Å². The van der Waals surface area contributed by atoms with Crippen molar-refractivity contribution in [3.05, 3.63) is 0 Å². The van der Waals surface area contributed by atoms with Crippen molar-refractivity contribution in [3.63, 3.8) is 0 Å². The van der Waals surface area contributed by atoms with Crippen LogP contribution in [0.15, 0.2) is 0 Å². The second-order valence-electron chi connectivity index (χ2n) is 15.4. The molecular weight excluding hydrogens is 622 g/mol. The molecule has 284 valence electrons. The Hall–Kier alpha value is -0.970. The minimum atomic E-state index is -1.87. The molecule has 2 fully saturated rings. The number of nitrogens with one attached hydrogen (secondary N) is 2. The standard InChI is InChI=1S/C35H69N3O10/c1-13-27-34(10,43)29(40)25(8)37-17-20(3)16-33(9,42)30(48-32-28(39)26(38(11)12)15-21(4)46-32)23(6)35(44,24(7)31(41)47-27)19-36-18-22(5)45-14-2/h20-30,32,36-37,39-40,42-44H,13-19H2,1-12H3/t20-,21-,22?,23-,24?,25-,26+,27-,28-,29-,30-,32+,33+,34-,35-/m1/s1. The average Bonchev–Trinajstić information content (AvgIpc) is 3.00. The van der Waals surface area contributed by atoms with Gasteiger partial charge in [-0.3, -0.25) is 4.79 Å². The van der Waals surface area contributed by atoms with Gasteiger partial charge < -0.3 is 60.0 Å². The first-order valence-electron chi connectivity index (χ1n) is 17.9. The fourth-order valence-electron chi connectivity index (χ4n) is 7.54. The Morgan fingerprint density at radius 3 is 2.27 bits per heavy atom. The van der Waals surface area contributed by atoms with Crippen LogP contribution in [-0.4, -0.2) is 149 Å². The van der Waals surface area contributed by atoms with Crippen molar-refractivity contribution < 1.29 is 49.3 Å². The lowest BCUT2D eigenvalue weighted by Crippen LogP contribution is -2.64. The molecule has 13 nitrogen and oxygen atoms in total. The molecular formula is C35H69N3O10. The van der Waals surface area contributed by atoms with Crippen molar-refractivity contribution in [2.24, 2.45) is 17.8 Å². The summed E-state index contributed by atoms with van der Waals surface area (Å²) in [5.41, 5.74) is -5.27. The summed E-state index contributed by atoms with van der Waals surface area (Å²) >= 11 is 0. The van der Waals surface area contributed by atoms with Crippen LogP contribution in [0.25, 0.3) is 0 Å². The summed E-state index contributed by atoms with van der Waals surface area (Å²) in [5.74, 6) is -3.05. The summed E-state index contributed by atoms with van der Waals surface area (Å²) in [6.07, 6.45) is -5.12. The van der Waals surface area contributed by atoms with Gasteiger partial charge in [-0.1, -0.05) is 20.8 Å². The van der Waals surface area contributed by atoms with E-state index < -0.39 is 71.4 Å². The second kappa shape index (κ2) is 18.0. The van der Waals surface area contributed by atoms with Crippen LogP contribution in [0.3, 0.4) is 0 Å². The molecule has 0 radical (unpaired) electrons. The number of aliphatic hydroxyl groups is 5. The Labute approximate surface area is 289 Å². The highest BCUT2D eigenvalue weighted by Crippen LogP contribution is 2.40. The van der Waals surface area contributed by atoms with Crippen LogP contribution in [0, 0.1) is 17.8 Å². The lowest BCUT2D eigenvalue weighted by atomic mass is 9.70. The van der Waals surface area contributed by atoms with E-state index in [1.165, 1.54) is 6.92 Å². The van der Waals surface area contributed by atoms with E-state index in [9.17, 15) is 30.3 Å². The van der Waals surface area contributed by atoms with E-state index in [0.717, 1.165) is 0 Å². The number of carbonyl (C=O) groups is 1. The number of esters is 1. The van der Waals surface area contributed by atoms with E-state index in [1.807, 2.05) is 46.7 Å². The number of hydrogen-bond donors (Lipinski definition) is 7. The van der Waals surface area contributed by atoms with Gasteiger partial charge in [0.05, 0.1) is 35.4 Å². The Kier molecular flexibility index (Phi) is 16.2. The molecule has 0 spiro atoms. The van der Waals surface area contributed by atoms with Gasteiger partial charge in [0.15, 0.2) is 6.29 Å². The largest absolute Gasteiger partial charge is 0.459 e. The van der Waals surface area contributed by atoms with Crippen molar-refractivity contribution in [1.82, 2.24) is 15.5 Å². The second-order valence-corrected chi connectivity index (χ2v) is 15.4. The van der Waals surface area contributed by atoms with E-state index in [2.05, 4.69) is 10.6 Å². The molecule has 0 aromatic rings. The lowest BCUT2D eigenvalue weighted by molar-refractivity contribution is -0.304. The molecule has 0 aliphatic carbocycles. The first kappa shape index (κ1) is 43.2. The molecule has 0 aromatic heterocycles. The zero-order valence-corrected chi connectivity index (χ0v) is 31.6. The fraction of sp³-hybridized carbons (Fsp3) is 0.971. The van der Waals surface area contributed by atoms with Gasteiger partial charge >= 0.3 is 5.97 Å². The number of likely N-dealkylation sites (N-methyl/N-ethyl adjacent to an activating group) is 1. The van der Waals surface area contributed by atoms with Crippen molar-refractivity contribution >= 4 is 5.97 Å². The molecule has 2 heterocycles. The van der Waals surface area contributed by atoms with Gasteiger partial charge in [0.1, 0.15) is 23.9 Å². The van der Waals surface area contributed by atoms with Crippen LogP contribution >= 0.6 is 0 Å². The summed E-state index contributed by atoms with van der Waals surface area (Å²) in [5, 5.41) is 65.6. The summed E-state index contributed by atoms with van der Waals surface area (Å²) in [6, 6.07) is -0.858. The summed E-state index contributed by atoms with van der Waals surface area (Å²) < 4.78 is 24.3. The summed E-state index contributed by atoms with van der Waals surface area (Å²) in [7, 11) is 3.75. The maximum Gasteiger partial charge on any atom is 0.312 e. The average molecular weight is 692 g/mol. The maximum atomic E-state index is 14.0. The van der Waals surface area contributed by atoms with Gasteiger partial charge in [0.25, 0.3) is 0 Å². The normalized spacial score (nSPS) is 44.9. The molecule has 0 amide bonds. The molecule has 48 heavy (non-hydrogen) atoms. The number of carbonyl (C=O) groups excluding carboxylic acids is 1. The predicted molar refractivity (Wildman–Crippen MR) is 183 cm³/mol. The molecule has 15 atom stereocenters. The Balaban J connectivity index is 2.69. The molecule has 0 aromatic carbocycles. The number of ether oxygens (including phenoxy) is 4. The Morgan fingerprint density at radius 2 is 1.71 bits per heavy atom. The zero-order chi connectivity index (χ0) is 36.8. The third-order valence-electron chi connectivity index (χ3n) is 10.7. The molecule has 2 rings (SSSR count). The van der Waals surface area contributed by atoms with Crippen molar-refractivity contribution in [3.8, 4) is 0 Å². The first-order chi connectivity index (χ1) is 22.1. The Morgan fingerprint density at radius 1 is 1.08 bits per heavy atom. The highest BCUT2D eigenvalue weighted by molar-refractivity contribution is 5.74. The number of aliphatic hydroxyl groups excluding tert-OH is 2. The Bertz CT molecular complexity index is 986. The number of rotatable bonds is 10. The first-order valence-corrected chi connectivity index (χ1v) is 17.9. The topological polar surface area (TPSA) is 182 Å². The highest BCUT2D eigenvalue weighted by atomic mass is 16.7. The molecule has 13 heteroatoms. The third kappa shape index (κ3) is 10.5. The molecule has 2 saturated heterocycles. The molecule has 2 aliphatic rings. The van der Waals surface area contributed by atoms with Gasteiger partial charge in [-0.2, -0.15) is 0 Å². The third-order valence-corrected chi connectivity index (χ3v) is 10.7. The van der Waals surface area contributed by atoms with Crippen molar-refractivity contribution in [1.29, 1.82) is 0 Å². The molecule has 0 saturated carbocycles. The zero-order valence-electron chi connectivity index (χ0n) is 31.6. The SMILES string of the molecule is CCOC(C)CNC[C@]1(O)C(C)C(=O)O[C@H](CC)[C@@](C)(O)[C@H](O)[C@@H](C)NC[C@H](C)C[C@](C)(O)[C@H](O[C@@H]2O[C@H](C)C[C@H](N(C)C)[C@H]2O)[C@H]1C. The molecule has 7 N–H and O–H groups in total.